The van der Waals surface area contributed by atoms with Crippen LogP contribution in [0, 0.1) is 0 Å². The average molecular weight is 1460 g/mol. The molecule has 0 aromatic heterocycles. The van der Waals surface area contributed by atoms with Gasteiger partial charge in [0.15, 0.2) is 12.2 Å². The Hall–Kier alpha value is -6.36. The van der Waals surface area contributed by atoms with Crippen LogP contribution < -0.4 is 0 Å². The first-order valence-corrected chi connectivity index (χ1v) is 40.3. The third-order valence-corrected chi connectivity index (χ3v) is 16.2. The molecule has 0 heterocycles. The lowest BCUT2D eigenvalue weighted by Crippen LogP contribution is -2.30. The number of carbonyl (C=O) groups excluding carboxylic acids is 4. The maximum absolute atomic E-state index is 13.1. The predicted octanol–water partition coefficient (Wildman–Crippen LogP) is 21.5. The monoisotopic (exact) mass is 1460 g/mol. The van der Waals surface area contributed by atoms with E-state index in [1.807, 2.05) is 36.5 Å². The van der Waals surface area contributed by atoms with Crippen molar-refractivity contribution < 1.29 is 80.2 Å². The quantitative estimate of drug-likeness (QED) is 0.0169. The van der Waals surface area contributed by atoms with Crippen LogP contribution in [-0.4, -0.2) is 96.7 Å². The minimum atomic E-state index is -5.03. The van der Waals surface area contributed by atoms with Crippen LogP contribution >= 0.6 is 15.6 Å². The molecular formula is C83H128O17P2. The van der Waals surface area contributed by atoms with Crippen LogP contribution in [0.4, 0.5) is 0 Å². The number of esters is 4. The van der Waals surface area contributed by atoms with E-state index in [4.69, 9.17) is 37.0 Å². The van der Waals surface area contributed by atoms with Gasteiger partial charge in [-0.05, 0) is 148 Å². The summed E-state index contributed by atoms with van der Waals surface area (Å²) in [5.41, 5.74) is 0. The molecule has 0 aliphatic heterocycles. The summed E-state index contributed by atoms with van der Waals surface area (Å²) >= 11 is 0. The minimum Gasteiger partial charge on any atom is -0.462 e. The molecule has 0 aliphatic rings. The van der Waals surface area contributed by atoms with Crippen molar-refractivity contribution in [3.05, 3.63) is 207 Å². The molecule has 0 amide bonds. The molecule has 0 saturated carbocycles. The van der Waals surface area contributed by atoms with Gasteiger partial charge in [-0.25, -0.2) is 9.13 Å². The third kappa shape index (κ3) is 72.0. The zero-order valence-corrected chi connectivity index (χ0v) is 64.0. The lowest BCUT2D eigenvalue weighted by Gasteiger charge is -2.21. The van der Waals surface area contributed by atoms with E-state index >= 15 is 0 Å². The van der Waals surface area contributed by atoms with Crippen LogP contribution in [0.15, 0.2) is 207 Å². The number of rotatable bonds is 67. The summed E-state index contributed by atoms with van der Waals surface area (Å²) in [7, 11) is -10.0. The van der Waals surface area contributed by atoms with Gasteiger partial charge in [-0.3, -0.25) is 37.3 Å². The van der Waals surface area contributed by atoms with Crippen LogP contribution in [-0.2, 0) is 65.4 Å². The zero-order chi connectivity index (χ0) is 74.6. The van der Waals surface area contributed by atoms with Gasteiger partial charge in [-0.2, -0.15) is 0 Å². The van der Waals surface area contributed by atoms with E-state index < -0.39 is 97.5 Å². The Morgan fingerprint density at radius 1 is 0.294 bits per heavy atom. The topological polar surface area (TPSA) is 237 Å². The van der Waals surface area contributed by atoms with Gasteiger partial charge in [0, 0.05) is 12.8 Å². The molecule has 0 aromatic rings. The Morgan fingerprint density at radius 3 is 0.941 bits per heavy atom. The fraction of sp³-hybridized carbons (Fsp3) is 0.542. The van der Waals surface area contributed by atoms with Crippen molar-refractivity contribution >= 4 is 39.5 Å². The van der Waals surface area contributed by atoms with Crippen LogP contribution in [0.3, 0.4) is 0 Å². The first-order chi connectivity index (χ1) is 49.7. The molecule has 0 aliphatic carbocycles. The first-order valence-electron chi connectivity index (χ1n) is 37.3. The summed E-state index contributed by atoms with van der Waals surface area (Å²) < 4.78 is 68.1. The minimum absolute atomic E-state index is 0.0532. The lowest BCUT2D eigenvalue weighted by molar-refractivity contribution is -0.161. The Labute approximate surface area is 614 Å². The Kier molecular flexibility index (Phi) is 68.4. The number of allylic oxidation sites excluding steroid dienone is 32. The summed E-state index contributed by atoms with van der Waals surface area (Å²) in [6.45, 7) is 4.13. The molecule has 17 nitrogen and oxygen atoms in total. The molecule has 0 radical (unpaired) electrons. The van der Waals surface area contributed by atoms with Gasteiger partial charge in [0.1, 0.15) is 19.3 Å². The second-order valence-corrected chi connectivity index (χ2v) is 26.7. The number of aliphatic hydroxyl groups is 1. The van der Waals surface area contributed by atoms with Gasteiger partial charge in [-0.15, -0.1) is 0 Å². The van der Waals surface area contributed by atoms with Gasteiger partial charge in [0.05, 0.1) is 39.3 Å². The fourth-order valence-corrected chi connectivity index (χ4v) is 10.3. The normalized spacial score (nSPS) is 15.1. The van der Waals surface area contributed by atoms with E-state index in [0.29, 0.717) is 32.1 Å². The summed E-state index contributed by atoms with van der Waals surface area (Å²) in [6, 6.07) is 0. The Morgan fingerprint density at radius 2 is 0.569 bits per heavy atom. The number of aliphatic hydroxyl groups excluding tert-OH is 1. The van der Waals surface area contributed by atoms with Gasteiger partial charge >= 0.3 is 39.5 Å². The van der Waals surface area contributed by atoms with Crippen molar-refractivity contribution in [2.75, 3.05) is 39.6 Å². The molecule has 572 valence electrons. The summed E-state index contributed by atoms with van der Waals surface area (Å²) in [5.74, 6) is -2.59. The maximum atomic E-state index is 13.1. The number of ether oxygens (including phenoxy) is 4. The molecule has 0 fully saturated rings. The van der Waals surface area contributed by atoms with E-state index in [0.717, 1.165) is 128 Å². The summed E-state index contributed by atoms with van der Waals surface area (Å²) in [6.07, 6.45) is 90.4. The van der Waals surface area contributed by atoms with Crippen molar-refractivity contribution in [2.45, 2.75) is 251 Å². The number of phosphoric acid groups is 2. The van der Waals surface area contributed by atoms with Crippen molar-refractivity contribution in [1.82, 2.24) is 0 Å². The molecule has 0 aromatic carbocycles. The van der Waals surface area contributed by atoms with Gasteiger partial charge in [0.2, 0.25) is 0 Å². The number of phosphoric ester groups is 2. The molecule has 0 spiro atoms. The van der Waals surface area contributed by atoms with E-state index in [-0.39, 0.29) is 25.7 Å². The standard InChI is InChI=1S/C83H128O17P2/c1-5-9-13-17-21-25-29-33-37-38-42-44-48-52-56-60-64-68-81(86)94-74-79(100-83(88)70-66-62-58-54-50-46-41-36-32-28-24-20-16-12-8-4)76-98-102(91,92)96-72-77(84)71-95-101(89,90)97-75-78(99-82(87)69-65-61-57-53-49-45-40-35-31-27-23-19-15-11-7-3)73-93-80(85)67-63-59-55-51-47-43-39-34-30-26-22-18-14-10-6-2/h9-11,13-15,21-28,33-37,39-42,44,47,49,51-53,56,59,61,63,65,77-79,84H,5-8,12,16-20,29-32,38,43,45-46,48,50,54-55,57-58,60,62,64,66-76H2,1-4H3,(H,89,90)(H,91,92)/b13-9-,14-10-,15-11-,25-21-,26-22-,27-23-,28-24-,37-33-,39-34-,40-35-,41-36-,44-42-,51-47-,53-49-,56-52-,63-59-,65-61-. The molecule has 3 N–H and O–H groups in total. The van der Waals surface area contributed by atoms with Crippen molar-refractivity contribution in [3.63, 3.8) is 0 Å². The largest absolute Gasteiger partial charge is 0.472 e. The van der Waals surface area contributed by atoms with Crippen LogP contribution in [0.5, 0.6) is 0 Å². The van der Waals surface area contributed by atoms with Crippen LogP contribution in [0.1, 0.15) is 233 Å². The van der Waals surface area contributed by atoms with Crippen LogP contribution in [0.25, 0.3) is 0 Å². The highest BCUT2D eigenvalue weighted by atomic mass is 31.2. The van der Waals surface area contributed by atoms with E-state index in [1.165, 1.54) is 19.3 Å². The second kappa shape index (κ2) is 73.0. The lowest BCUT2D eigenvalue weighted by atomic mass is 10.1. The number of carbonyl (C=O) groups is 4. The fourth-order valence-electron chi connectivity index (χ4n) is 8.73. The van der Waals surface area contributed by atoms with Crippen LogP contribution in [0.2, 0.25) is 0 Å². The van der Waals surface area contributed by atoms with E-state index in [1.54, 1.807) is 24.3 Å². The van der Waals surface area contributed by atoms with Crippen molar-refractivity contribution in [2.24, 2.45) is 0 Å². The van der Waals surface area contributed by atoms with Gasteiger partial charge in [0.25, 0.3) is 0 Å². The highest BCUT2D eigenvalue weighted by Gasteiger charge is 2.30. The average Bonchev–Trinajstić information content (AvgIpc) is 0.923. The molecular weight excluding hydrogens is 1330 g/mol. The molecule has 19 heteroatoms. The maximum Gasteiger partial charge on any atom is 0.472 e. The predicted molar refractivity (Wildman–Crippen MR) is 417 cm³/mol. The van der Waals surface area contributed by atoms with Gasteiger partial charge in [-0.1, -0.05) is 266 Å². The SMILES string of the molecule is CC/C=C\C/C=C\C/C=C\C/C=C\C/C=C\CCCC(=O)OCC(COP(=O)(O)OCC(O)COP(=O)(O)OCC(COC(=O)C/C=C\C/C=C\C/C=C\C/C=C\C/C=C\CC)OC(=O)C/C=C\C/C=C\C/C=C\C/C=C\C/C=C\CC)OC(=O)CCCCCCC/C=C\C/C=C\CCCCC. The number of hydrogen-bond donors (Lipinski definition) is 3. The highest BCUT2D eigenvalue weighted by Crippen LogP contribution is 2.45. The summed E-state index contributed by atoms with van der Waals surface area (Å²) in [5, 5.41) is 10.6. The zero-order valence-electron chi connectivity index (χ0n) is 62.2. The third-order valence-electron chi connectivity index (χ3n) is 14.3. The smallest absolute Gasteiger partial charge is 0.462 e. The summed E-state index contributed by atoms with van der Waals surface area (Å²) in [4.78, 5) is 72.7. The van der Waals surface area contributed by atoms with Crippen molar-refractivity contribution in [1.29, 1.82) is 0 Å². The second-order valence-electron chi connectivity index (χ2n) is 23.8. The molecule has 102 heavy (non-hydrogen) atoms. The van der Waals surface area contributed by atoms with E-state index in [9.17, 15) is 43.2 Å². The molecule has 5 atom stereocenters. The van der Waals surface area contributed by atoms with Gasteiger partial charge < -0.3 is 33.8 Å². The molecule has 5 unspecified atom stereocenters. The number of hydrogen-bond acceptors (Lipinski definition) is 15. The molecule has 0 bridgehead atoms. The Bertz CT molecular complexity index is 2750. The number of unbranched alkanes of at least 4 members (excludes halogenated alkanes) is 9. The van der Waals surface area contributed by atoms with Crippen molar-refractivity contribution in [3.8, 4) is 0 Å². The molecule has 0 rings (SSSR count). The molecule has 0 saturated heterocycles. The Balaban J connectivity index is 5.59. The first kappa shape index (κ1) is 95.6. The van der Waals surface area contributed by atoms with E-state index in [2.05, 4.69) is 174 Å². The highest BCUT2D eigenvalue weighted by molar-refractivity contribution is 7.47.